The maximum absolute atomic E-state index is 14.6. The molecule has 0 saturated carbocycles. The van der Waals surface area contributed by atoms with Gasteiger partial charge in [-0.15, -0.1) is 0 Å². The summed E-state index contributed by atoms with van der Waals surface area (Å²) in [6.45, 7) is -0.149. The quantitative estimate of drug-likeness (QED) is 0.676. The lowest BCUT2D eigenvalue weighted by atomic mass is 10.1. The molecule has 1 aliphatic rings. The second-order valence-corrected chi connectivity index (χ2v) is 7.00. The van der Waals surface area contributed by atoms with Gasteiger partial charge in [-0.25, -0.2) is 4.39 Å². The zero-order valence-electron chi connectivity index (χ0n) is 15.9. The normalized spacial score (nSPS) is 15.0. The molecule has 0 saturated heterocycles. The second kappa shape index (κ2) is 7.82. The minimum absolute atomic E-state index is 0.0177. The zero-order valence-corrected chi connectivity index (χ0v) is 15.9. The summed E-state index contributed by atoms with van der Waals surface area (Å²) in [5.74, 6) is -1.69. The van der Waals surface area contributed by atoms with E-state index in [9.17, 15) is 18.8 Å². The SMILES string of the molecule is NC(=O)C1Cc2ccccc2N1CC(=O)Nc1ccc(-n2ccccc2=O)cc1F. The molecule has 1 atom stereocenters. The van der Waals surface area contributed by atoms with Gasteiger partial charge in [0.2, 0.25) is 11.8 Å². The van der Waals surface area contributed by atoms with E-state index in [0.717, 1.165) is 11.3 Å². The summed E-state index contributed by atoms with van der Waals surface area (Å²) in [7, 11) is 0. The third-order valence-electron chi connectivity index (χ3n) is 5.06. The van der Waals surface area contributed by atoms with Crippen LogP contribution in [0.1, 0.15) is 5.56 Å². The Morgan fingerprint density at radius 2 is 1.87 bits per heavy atom. The van der Waals surface area contributed by atoms with Gasteiger partial charge in [0.05, 0.1) is 17.9 Å². The van der Waals surface area contributed by atoms with E-state index in [4.69, 9.17) is 5.73 Å². The average molecular weight is 406 g/mol. The average Bonchev–Trinajstić information content (AvgIpc) is 3.09. The number of halogens is 1. The Bertz CT molecular complexity index is 1190. The van der Waals surface area contributed by atoms with Crippen LogP contribution in [0.4, 0.5) is 15.8 Å². The fourth-order valence-electron chi connectivity index (χ4n) is 3.64. The van der Waals surface area contributed by atoms with Crippen LogP contribution in [0.2, 0.25) is 0 Å². The number of para-hydroxylation sites is 1. The molecule has 0 bridgehead atoms. The molecular formula is C22H19FN4O3. The molecule has 4 rings (SSSR count). The van der Waals surface area contributed by atoms with Crippen LogP contribution in [0.5, 0.6) is 0 Å². The lowest BCUT2D eigenvalue weighted by Gasteiger charge is -2.24. The number of nitrogens with one attached hydrogen (secondary N) is 1. The van der Waals surface area contributed by atoms with E-state index in [2.05, 4.69) is 5.32 Å². The smallest absolute Gasteiger partial charge is 0.255 e. The molecule has 3 N–H and O–H groups in total. The lowest BCUT2D eigenvalue weighted by molar-refractivity contribution is -0.119. The van der Waals surface area contributed by atoms with Gasteiger partial charge in [0.25, 0.3) is 5.56 Å². The molecule has 152 valence electrons. The number of carbonyl (C=O) groups is 2. The molecule has 1 unspecified atom stereocenters. The summed E-state index contributed by atoms with van der Waals surface area (Å²) in [4.78, 5) is 37.9. The highest BCUT2D eigenvalue weighted by Crippen LogP contribution is 2.31. The number of rotatable bonds is 5. The largest absolute Gasteiger partial charge is 0.368 e. The van der Waals surface area contributed by atoms with Gasteiger partial charge >= 0.3 is 0 Å². The van der Waals surface area contributed by atoms with E-state index >= 15 is 0 Å². The topological polar surface area (TPSA) is 97.4 Å². The van der Waals surface area contributed by atoms with Crippen LogP contribution in [-0.2, 0) is 16.0 Å². The van der Waals surface area contributed by atoms with Gasteiger partial charge in [-0.2, -0.15) is 0 Å². The lowest BCUT2D eigenvalue weighted by Crippen LogP contribution is -2.46. The Morgan fingerprint density at radius 3 is 2.60 bits per heavy atom. The van der Waals surface area contributed by atoms with E-state index in [1.807, 2.05) is 24.3 Å². The van der Waals surface area contributed by atoms with E-state index in [1.165, 1.54) is 35.0 Å². The Labute approximate surface area is 171 Å². The number of aromatic nitrogens is 1. The standard InChI is InChI=1S/C22H19FN4O3/c23-16-12-15(26-10-4-3-7-21(26)29)8-9-17(16)25-20(28)13-27-18-6-2-1-5-14(18)11-19(27)22(24)30/h1-10,12,19H,11,13H2,(H2,24,30)(H,25,28). The van der Waals surface area contributed by atoms with E-state index in [0.29, 0.717) is 12.1 Å². The van der Waals surface area contributed by atoms with Gasteiger partial charge in [0, 0.05) is 30.4 Å². The Hall–Kier alpha value is -3.94. The molecule has 1 aliphatic heterocycles. The van der Waals surface area contributed by atoms with Crippen LogP contribution in [0.15, 0.2) is 71.7 Å². The molecule has 2 heterocycles. The van der Waals surface area contributed by atoms with Crippen LogP contribution in [-0.4, -0.2) is 29.0 Å². The Morgan fingerprint density at radius 1 is 1.10 bits per heavy atom. The van der Waals surface area contributed by atoms with Crippen molar-refractivity contribution in [3.05, 3.63) is 88.6 Å². The molecule has 3 aromatic rings. The first-order valence-corrected chi connectivity index (χ1v) is 9.35. The first-order chi connectivity index (χ1) is 14.4. The third-order valence-corrected chi connectivity index (χ3v) is 5.06. The van der Waals surface area contributed by atoms with Crippen molar-refractivity contribution in [3.8, 4) is 5.69 Å². The van der Waals surface area contributed by atoms with Crippen LogP contribution >= 0.6 is 0 Å². The number of nitrogens with zero attached hydrogens (tertiary/aromatic N) is 2. The van der Waals surface area contributed by atoms with Crippen LogP contribution in [0, 0.1) is 5.82 Å². The number of amides is 2. The molecule has 7 nitrogen and oxygen atoms in total. The van der Waals surface area contributed by atoms with Crippen molar-refractivity contribution >= 4 is 23.2 Å². The number of nitrogens with two attached hydrogens (primary N) is 1. The van der Waals surface area contributed by atoms with Crippen molar-refractivity contribution in [2.75, 3.05) is 16.8 Å². The van der Waals surface area contributed by atoms with Crippen LogP contribution in [0.3, 0.4) is 0 Å². The van der Waals surface area contributed by atoms with Gasteiger partial charge in [-0.1, -0.05) is 24.3 Å². The molecule has 0 fully saturated rings. The van der Waals surface area contributed by atoms with E-state index in [-0.39, 0.29) is 17.8 Å². The summed E-state index contributed by atoms with van der Waals surface area (Å²) in [5, 5.41) is 2.53. The predicted molar refractivity (Wildman–Crippen MR) is 111 cm³/mol. The number of primary amides is 1. The van der Waals surface area contributed by atoms with Gasteiger partial charge in [-0.3, -0.25) is 19.0 Å². The first kappa shape index (κ1) is 19.4. The molecular weight excluding hydrogens is 387 g/mol. The number of hydrogen-bond acceptors (Lipinski definition) is 4. The third kappa shape index (κ3) is 3.67. The van der Waals surface area contributed by atoms with E-state index < -0.39 is 23.7 Å². The Kier molecular flexibility index (Phi) is 5.05. The zero-order chi connectivity index (χ0) is 21.3. The van der Waals surface area contributed by atoms with Crippen molar-refractivity contribution in [2.24, 2.45) is 5.73 Å². The minimum atomic E-state index is -0.676. The number of carbonyl (C=O) groups excluding carboxylic acids is 2. The first-order valence-electron chi connectivity index (χ1n) is 9.35. The maximum Gasteiger partial charge on any atom is 0.255 e. The van der Waals surface area contributed by atoms with Crippen molar-refractivity contribution in [1.29, 1.82) is 0 Å². The molecule has 30 heavy (non-hydrogen) atoms. The van der Waals surface area contributed by atoms with Gasteiger partial charge in [0.15, 0.2) is 0 Å². The highest BCUT2D eigenvalue weighted by Gasteiger charge is 2.34. The highest BCUT2D eigenvalue weighted by molar-refractivity contribution is 5.97. The summed E-state index contributed by atoms with van der Waals surface area (Å²) in [6.07, 6.45) is 1.96. The van der Waals surface area contributed by atoms with E-state index in [1.54, 1.807) is 17.0 Å². The van der Waals surface area contributed by atoms with Crippen LogP contribution in [0.25, 0.3) is 5.69 Å². The number of pyridine rings is 1. The number of fused-ring (bicyclic) bond motifs is 1. The summed E-state index contributed by atoms with van der Waals surface area (Å²) in [5.41, 5.74) is 7.23. The van der Waals surface area contributed by atoms with Crippen molar-refractivity contribution in [1.82, 2.24) is 4.57 Å². The summed E-state index contributed by atoms with van der Waals surface area (Å²) >= 11 is 0. The summed E-state index contributed by atoms with van der Waals surface area (Å²) < 4.78 is 15.9. The van der Waals surface area contributed by atoms with Crippen molar-refractivity contribution in [3.63, 3.8) is 0 Å². The second-order valence-electron chi connectivity index (χ2n) is 7.00. The molecule has 8 heteroatoms. The van der Waals surface area contributed by atoms with Crippen LogP contribution < -0.4 is 21.5 Å². The summed E-state index contributed by atoms with van der Waals surface area (Å²) in [6, 6.07) is 15.5. The fraction of sp³-hybridized carbons (Fsp3) is 0.136. The van der Waals surface area contributed by atoms with Gasteiger partial charge in [0.1, 0.15) is 11.9 Å². The maximum atomic E-state index is 14.6. The van der Waals surface area contributed by atoms with Crippen molar-refractivity contribution < 1.29 is 14.0 Å². The predicted octanol–water partition coefficient (Wildman–Crippen LogP) is 1.83. The molecule has 0 spiro atoms. The van der Waals surface area contributed by atoms with Crippen molar-refractivity contribution in [2.45, 2.75) is 12.5 Å². The monoisotopic (exact) mass is 406 g/mol. The molecule has 0 radical (unpaired) electrons. The minimum Gasteiger partial charge on any atom is -0.368 e. The number of anilines is 2. The molecule has 0 aliphatic carbocycles. The number of benzene rings is 2. The molecule has 2 amide bonds. The molecule has 2 aromatic carbocycles. The highest BCUT2D eigenvalue weighted by atomic mass is 19.1. The number of hydrogen-bond donors (Lipinski definition) is 2. The van der Waals surface area contributed by atoms with Gasteiger partial charge < -0.3 is 16.0 Å². The molecule has 1 aromatic heterocycles. The fourth-order valence-corrected chi connectivity index (χ4v) is 3.64. The Balaban J connectivity index is 1.52. The van der Waals surface area contributed by atoms with Gasteiger partial charge in [-0.05, 0) is 29.8 Å².